The maximum Gasteiger partial charge on any atom is 0.185 e. The summed E-state index contributed by atoms with van der Waals surface area (Å²) in [4.78, 5) is 12.2. The minimum atomic E-state index is 0.00779. The zero-order valence-electron chi connectivity index (χ0n) is 20.7. The molecule has 0 fully saturated rings. The van der Waals surface area contributed by atoms with Gasteiger partial charge in [0.05, 0.1) is 13.2 Å². The second-order valence-corrected chi connectivity index (χ2v) is 8.52. The van der Waals surface area contributed by atoms with Gasteiger partial charge >= 0.3 is 0 Å². The molecule has 0 aliphatic rings. The normalized spacial score (nSPS) is 11.2. The molecule has 0 unspecified atom stereocenters. The molecule has 3 aromatic carbocycles. The van der Waals surface area contributed by atoms with Gasteiger partial charge in [-0.15, -0.1) is 0 Å². The highest BCUT2D eigenvalue weighted by atomic mass is 16.5. The largest absolute Gasteiger partial charge is 0.494 e. The van der Waals surface area contributed by atoms with Gasteiger partial charge in [-0.25, -0.2) is 0 Å². The summed E-state index contributed by atoms with van der Waals surface area (Å²) in [7, 11) is 0. The maximum absolute atomic E-state index is 12.2. The summed E-state index contributed by atoms with van der Waals surface area (Å²) in [5.74, 6) is 1.82. The lowest BCUT2D eigenvalue weighted by molar-refractivity contribution is 0.104. The maximum atomic E-state index is 12.2. The van der Waals surface area contributed by atoms with E-state index in [1.807, 2.05) is 85.8 Å². The molecular weight excluding hydrogens is 432 g/mol. The molecule has 35 heavy (non-hydrogen) atoms. The first-order valence-electron chi connectivity index (χ1n) is 12.6. The quantitative estimate of drug-likeness (QED) is 0.128. The highest BCUT2D eigenvalue weighted by Crippen LogP contribution is 2.16. The first-order valence-corrected chi connectivity index (χ1v) is 12.6. The molecule has 0 saturated carbocycles. The van der Waals surface area contributed by atoms with E-state index in [0.717, 1.165) is 43.1 Å². The van der Waals surface area contributed by atoms with Crippen molar-refractivity contribution in [1.82, 2.24) is 0 Å². The zero-order valence-corrected chi connectivity index (χ0v) is 20.7. The molecule has 0 aromatic heterocycles. The summed E-state index contributed by atoms with van der Waals surface area (Å²) in [6.07, 6.45) is 14.5. The summed E-state index contributed by atoms with van der Waals surface area (Å²) in [5.41, 5.74) is 2.88. The Bertz CT molecular complexity index is 1050. The molecule has 0 aliphatic carbocycles. The van der Waals surface area contributed by atoms with Crippen LogP contribution in [0.4, 0.5) is 0 Å². The minimum Gasteiger partial charge on any atom is -0.494 e. The number of allylic oxidation sites excluding steroid dienone is 2. The number of ether oxygens (including phenoxy) is 2. The van der Waals surface area contributed by atoms with Crippen LogP contribution < -0.4 is 9.47 Å². The van der Waals surface area contributed by atoms with Gasteiger partial charge in [0.2, 0.25) is 0 Å². The Hall–Kier alpha value is -3.59. The predicted molar refractivity (Wildman–Crippen MR) is 146 cm³/mol. The molecule has 0 atom stereocenters. The number of ketones is 1. The fourth-order valence-corrected chi connectivity index (χ4v) is 3.70. The summed E-state index contributed by atoms with van der Waals surface area (Å²) in [6.45, 7) is 3.53. The number of carbonyl (C=O) groups excluding carboxylic acids is 1. The topological polar surface area (TPSA) is 35.5 Å². The zero-order chi connectivity index (χ0) is 24.6. The van der Waals surface area contributed by atoms with Crippen molar-refractivity contribution in [2.75, 3.05) is 13.2 Å². The Balaban J connectivity index is 1.20. The van der Waals surface area contributed by atoms with Crippen LogP contribution in [0.15, 0.2) is 91.0 Å². The molecule has 0 saturated heterocycles. The Morgan fingerprint density at radius 2 is 1.11 bits per heavy atom. The van der Waals surface area contributed by atoms with Crippen molar-refractivity contribution in [3.05, 3.63) is 108 Å². The molecule has 0 amide bonds. The number of hydrogen-bond donors (Lipinski definition) is 0. The van der Waals surface area contributed by atoms with Crippen LogP contribution in [0.3, 0.4) is 0 Å². The van der Waals surface area contributed by atoms with E-state index in [1.54, 1.807) is 6.08 Å². The van der Waals surface area contributed by atoms with Gasteiger partial charge in [-0.3, -0.25) is 4.79 Å². The van der Waals surface area contributed by atoms with Crippen molar-refractivity contribution in [2.24, 2.45) is 0 Å². The average Bonchev–Trinajstić information content (AvgIpc) is 2.90. The lowest BCUT2D eigenvalue weighted by Gasteiger charge is -2.07. The Morgan fingerprint density at radius 1 is 0.629 bits per heavy atom. The summed E-state index contributed by atoms with van der Waals surface area (Å²) in [6, 6.07) is 25.4. The fraction of sp³-hybridized carbons (Fsp3) is 0.281. The van der Waals surface area contributed by atoms with Crippen molar-refractivity contribution in [3.8, 4) is 11.5 Å². The van der Waals surface area contributed by atoms with E-state index in [4.69, 9.17) is 9.47 Å². The van der Waals surface area contributed by atoms with Crippen molar-refractivity contribution >= 4 is 17.9 Å². The molecule has 0 radical (unpaired) electrons. The van der Waals surface area contributed by atoms with Gasteiger partial charge < -0.3 is 9.47 Å². The number of benzene rings is 3. The molecule has 0 heterocycles. The van der Waals surface area contributed by atoms with E-state index in [0.29, 0.717) is 5.56 Å². The summed E-state index contributed by atoms with van der Waals surface area (Å²) in [5, 5.41) is 0. The first kappa shape index (κ1) is 26.0. The third-order valence-corrected chi connectivity index (χ3v) is 5.68. The molecule has 0 N–H and O–H groups in total. The third-order valence-electron chi connectivity index (χ3n) is 5.68. The molecule has 3 aromatic rings. The number of carbonyl (C=O) groups is 1. The van der Waals surface area contributed by atoms with Crippen LogP contribution in [0.25, 0.3) is 12.2 Å². The van der Waals surface area contributed by atoms with Gasteiger partial charge in [-0.05, 0) is 61.2 Å². The van der Waals surface area contributed by atoms with E-state index in [-0.39, 0.29) is 5.78 Å². The number of hydrogen-bond acceptors (Lipinski definition) is 3. The van der Waals surface area contributed by atoms with Gasteiger partial charge in [0.1, 0.15) is 11.5 Å². The molecule has 182 valence electrons. The van der Waals surface area contributed by atoms with Gasteiger partial charge in [-0.2, -0.15) is 0 Å². The number of unbranched alkanes of at least 4 members (excludes halogenated alkanes) is 5. The average molecular weight is 469 g/mol. The van der Waals surface area contributed by atoms with Crippen LogP contribution in [-0.2, 0) is 0 Å². The SMILES string of the molecule is CC=Cc1ccc(OCCCCCCCCOc2ccc(/C=C/C(=O)c3ccccc3)cc2)cc1. The van der Waals surface area contributed by atoms with E-state index < -0.39 is 0 Å². The molecule has 3 rings (SSSR count). The van der Waals surface area contributed by atoms with Crippen molar-refractivity contribution in [3.63, 3.8) is 0 Å². The van der Waals surface area contributed by atoms with E-state index >= 15 is 0 Å². The van der Waals surface area contributed by atoms with Crippen molar-refractivity contribution in [1.29, 1.82) is 0 Å². The monoisotopic (exact) mass is 468 g/mol. The van der Waals surface area contributed by atoms with Crippen LogP contribution in [0.2, 0.25) is 0 Å². The van der Waals surface area contributed by atoms with Crippen LogP contribution in [0.5, 0.6) is 11.5 Å². The summed E-state index contributed by atoms with van der Waals surface area (Å²) >= 11 is 0. The first-order chi connectivity index (χ1) is 17.2. The highest BCUT2D eigenvalue weighted by Gasteiger charge is 2.00. The van der Waals surface area contributed by atoms with Gasteiger partial charge in [0.15, 0.2) is 5.78 Å². The fourth-order valence-electron chi connectivity index (χ4n) is 3.70. The molecule has 0 spiro atoms. The molecule has 3 heteroatoms. The van der Waals surface area contributed by atoms with E-state index in [2.05, 4.69) is 18.2 Å². The van der Waals surface area contributed by atoms with Gasteiger partial charge in [0.25, 0.3) is 0 Å². The van der Waals surface area contributed by atoms with Crippen molar-refractivity contribution in [2.45, 2.75) is 45.4 Å². The van der Waals surface area contributed by atoms with Crippen LogP contribution in [0, 0.1) is 0 Å². The third kappa shape index (κ3) is 10.1. The Morgan fingerprint density at radius 3 is 1.63 bits per heavy atom. The second kappa shape index (κ2) is 15.3. The molecule has 0 aliphatic heterocycles. The lowest BCUT2D eigenvalue weighted by Crippen LogP contribution is -1.98. The smallest absolute Gasteiger partial charge is 0.185 e. The van der Waals surface area contributed by atoms with Crippen molar-refractivity contribution < 1.29 is 14.3 Å². The highest BCUT2D eigenvalue weighted by molar-refractivity contribution is 6.06. The van der Waals surface area contributed by atoms with E-state index in [1.165, 1.54) is 31.2 Å². The number of rotatable bonds is 15. The molecular formula is C32H36O3. The second-order valence-electron chi connectivity index (χ2n) is 8.52. The molecule has 0 bridgehead atoms. The Kier molecular flexibility index (Phi) is 11.4. The minimum absolute atomic E-state index is 0.00779. The van der Waals surface area contributed by atoms with Gasteiger partial charge in [-0.1, -0.05) is 98.5 Å². The van der Waals surface area contributed by atoms with Gasteiger partial charge in [0, 0.05) is 5.56 Å². The predicted octanol–water partition coefficient (Wildman–Crippen LogP) is 8.41. The molecule has 3 nitrogen and oxygen atoms in total. The van der Waals surface area contributed by atoms with Crippen LogP contribution >= 0.6 is 0 Å². The van der Waals surface area contributed by atoms with Crippen LogP contribution in [-0.4, -0.2) is 19.0 Å². The summed E-state index contributed by atoms with van der Waals surface area (Å²) < 4.78 is 11.7. The standard InChI is InChI=1S/C32H36O3/c1-2-12-27-15-20-30(21-16-27)34-25-10-5-3-4-6-11-26-35-31-22-17-28(18-23-31)19-24-32(33)29-13-8-7-9-14-29/h2,7-9,12-24H,3-6,10-11,25-26H2,1H3/b12-2?,24-19+. The van der Waals surface area contributed by atoms with Crippen LogP contribution in [0.1, 0.15) is 66.9 Å². The lowest BCUT2D eigenvalue weighted by atomic mass is 10.1. The van der Waals surface area contributed by atoms with E-state index in [9.17, 15) is 4.79 Å². The Labute approximate surface area is 210 Å².